The molecule has 8 nitrogen and oxygen atoms in total. The van der Waals surface area contributed by atoms with Gasteiger partial charge < -0.3 is 28.8 Å². The Bertz CT molecular complexity index is 1300. The van der Waals surface area contributed by atoms with Crippen LogP contribution in [0.4, 0.5) is 0 Å². The maximum absolute atomic E-state index is 13.0. The lowest BCUT2D eigenvalue weighted by Crippen LogP contribution is -2.45. The molecule has 0 aromatic rings. The molecule has 3 atom stereocenters. The number of nitrogens with zero attached hydrogens (tertiary/aromatic N) is 1. The van der Waals surface area contributed by atoms with E-state index in [1.165, 1.54) is 263 Å². The first-order valence-corrected chi connectivity index (χ1v) is 33.8. The van der Waals surface area contributed by atoms with Gasteiger partial charge in [0.05, 0.1) is 39.9 Å². The molecule has 0 saturated carbocycles. The number of aliphatic hydroxyl groups excluding tert-OH is 1. The van der Waals surface area contributed by atoms with Gasteiger partial charge in [0.2, 0.25) is 5.91 Å². The van der Waals surface area contributed by atoms with Crippen molar-refractivity contribution in [1.82, 2.24) is 5.32 Å². The van der Waals surface area contributed by atoms with Crippen LogP contribution in [0.15, 0.2) is 36.5 Å². The standard InChI is InChI=1S/C65H127N2O6P/c1-6-8-10-12-14-16-18-20-22-24-25-26-27-28-29-30-31-32-33-34-35-36-37-38-39-40-41-43-45-47-49-51-53-55-57-59-65(69)66-63(62-73-74(70,71)72-61-60-67(3,4)5)64(68)58-56-54-52-50-48-46-44-42-23-21-19-17-15-13-11-9-7-2/h30-31,48,50,56,58,63-64,68H,6-29,32-47,49,51-55,57,59-62H2,1-5H3,(H-,66,69,70,71)/b31-30-,50-48+,58-56+. The normalized spacial score (nSPS) is 14.0. The first-order chi connectivity index (χ1) is 36.0. The van der Waals surface area contributed by atoms with Crippen LogP contribution in [-0.4, -0.2) is 68.5 Å². The second kappa shape index (κ2) is 56.4. The Morgan fingerprint density at radius 3 is 1.09 bits per heavy atom. The quantitative estimate of drug-likeness (QED) is 0.0272. The fraction of sp³-hybridized carbons (Fsp3) is 0.892. The molecule has 9 heteroatoms. The molecule has 0 radical (unpaired) electrons. The summed E-state index contributed by atoms with van der Waals surface area (Å²) < 4.78 is 23.4. The summed E-state index contributed by atoms with van der Waals surface area (Å²) in [6.45, 7) is 4.67. The Kier molecular flexibility index (Phi) is 55.5. The molecule has 0 aromatic carbocycles. The Balaban J connectivity index is 4.00. The number of carbonyl (C=O) groups is 1. The third kappa shape index (κ3) is 58.4. The van der Waals surface area contributed by atoms with Crippen molar-refractivity contribution in [2.24, 2.45) is 0 Å². The van der Waals surface area contributed by atoms with Crippen molar-refractivity contribution in [3.05, 3.63) is 36.5 Å². The summed E-state index contributed by atoms with van der Waals surface area (Å²) in [5, 5.41) is 13.9. The van der Waals surface area contributed by atoms with Crippen LogP contribution in [0.5, 0.6) is 0 Å². The van der Waals surface area contributed by atoms with Crippen molar-refractivity contribution < 1.29 is 32.9 Å². The van der Waals surface area contributed by atoms with E-state index in [-0.39, 0.29) is 19.1 Å². The molecule has 0 aliphatic heterocycles. The molecule has 74 heavy (non-hydrogen) atoms. The van der Waals surface area contributed by atoms with Gasteiger partial charge in [0, 0.05) is 6.42 Å². The van der Waals surface area contributed by atoms with Crippen LogP contribution in [-0.2, 0) is 18.4 Å². The number of hydrogen-bond acceptors (Lipinski definition) is 6. The van der Waals surface area contributed by atoms with Gasteiger partial charge in [-0.15, -0.1) is 0 Å². The number of phosphoric acid groups is 1. The topological polar surface area (TPSA) is 108 Å². The lowest BCUT2D eigenvalue weighted by Gasteiger charge is -2.29. The molecule has 0 saturated heterocycles. The molecular formula is C65H127N2O6P. The van der Waals surface area contributed by atoms with Gasteiger partial charge in [0.25, 0.3) is 7.82 Å². The van der Waals surface area contributed by atoms with Crippen molar-refractivity contribution in [1.29, 1.82) is 0 Å². The molecule has 0 aromatic heterocycles. The number of likely N-dealkylation sites (N-methyl/N-ethyl adjacent to an activating group) is 1. The number of nitrogens with one attached hydrogen (secondary N) is 1. The minimum atomic E-state index is -4.60. The molecule has 0 heterocycles. The second-order valence-electron chi connectivity index (χ2n) is 23.5. The Hall–Kier alpha value is -1.28. The van der Waals surface area contributed by atoms with Crippen molar-refractivity contribution in [3.63, 3.8) is 0 Å². The van der Waals surface area contributed by atoms with Crippen molar-refractivity contribution in [2.75, 3.05) is 40.9 Å². The van der Waals surface area contributed by atoms with Crippen molar-refractivity contribution >= 4 is 13.7 Å². The summed E-state index contributed by atoms with van der Waals surface area (Å²) >= 11 is 0. The molecule has 2 N–H and O–H groups in total. The number of phosphoric ester groups is 1. The number of unbranched alkanes of at least 4 members (excludes halogenated alkanes) is 43. The molecule has 0 rings (SSSR count). The zero-order chi connectivity index (χ0) is 54.2. The predicted molar refractivity (Wildman–Crippen MR) is 321 cm³/mol. The number of carbonyl (C=O) groups excluding carboxylic acids is 1. The van der Waals surface area contributed by atoms with E-state index < -0.39 is 20.0 Å². The maximum atomic E-state index is 13.0. The van der Waals surface area contributed by atoms with Gasteiger partial charge in [-0.3, -0.25) is 9.36 Å². The molecule has 1 amide bonds. The van der Waals surface area contributed by atoms with E-state index in [0.717, 1.165) is 38.5 Å². The van der Waals surface area contributed by atoms with Gasteiger partial charge in [-0.25, -0.2) is 0 Å². The molecule has 0 aliphatic carbocycles. The lowest BCUT2D eigenvalue weighted by atomic mass is 10.0. The summed E-state index contributed by atoms with van der Waals surface area (Å²) in [5.41, 5.74) is 0. The van der Waals surface area contributed by atoms with Gasteiger partial charge in [0.1, 0.15) is 13.2 Å². The van der Waals surface area contributed by atoms with Gasteiger partial charge >= 0.3 is 0 Å². The summed E-state index contributed by atoms with van der Waals surface area (Å²) in [6, 6.07) is -0.902. The Morgan fingerprint density at radius 2 is 0.757 bits per heavy atom. The van der Waals surface area contributed by atoms with Crippen LogP contribution in [0.3, 0.4) is 0 Å². The van der Waals surface area contributed by atoms with Gasteiger partial charge in [-0.1, -0.05) is 294 Å². The number of aliphatic hydroxyl groups is 1. The number of rotatable bonds is 60. The predicted octanol–water partition coefficient (Wildman–Crippen LogP) is 19.5. The van der Waals surface area contributed by atoms with Gasteiger partial charge in [-0.2, -0.15) is 0 Å². The fourth-order valence-corrected chi connectivity index (χ4v) is 10.5. The second-order valence-corrected chi connectivity index (χ2v) is 24.9. The Labute approximate surface area is 461 Å². The summed E-state index contributed by atoms with van der Waals surface area (Å²) in [5.74, 6) is -0.202. The number of allylic oxidation sites excluding steroid dienone is 5. The van der Waals surface area contributed by atoms with Crippen molar-refractivity contribution in [3.8, 4) is 0 Å². The monoisotopic (exact) mass is 1060 g/mol. The van der Waals surface area contributed by atoms with Crippen LogP contribution in [0, 0.1) is 0 Å². The van der Waals surface area contributed by atoms with E-state index in [4.69, 9.17) is 9.05 Å². The molecule has 0 spiro atoms. The molecule has 3 unspecified atom stereocenters. The largest absolute Gasteiger partial charge is 0.756 e. The third-order valence-electron chi connectivity index (χ3n) is 14.8. The average Bonchev–Trinajstić information content (AvgIpc) is 3.36. The minimum Gasteiger partial charge on any atom is -0.756 e. The molecule has 438 valence electrons. The van der Waals surface area contributed by atoms with Crippen LogP contribution >= 0.6 is 7.82 Å². The van der Waals surface area contributed by atoms with Crippen LogP contribution in [0.25, 0.3) is 0 Å². The minimum absolute atomic E-state index is 0.00492. The molecule has 0 bridgehead atoms. The van der Waals surface area contributed by atoms with E-state index >= 15 is 0 Å². The number of quaternary nitrogens is 1. The van der Waals surface area contributed by atoms with E-state index in [9.17, 15) is 19.4 Å². The summed E-state index contributed by atoms with van der Waals surface area (Å²) in [7, 11) is 1.25. The van der Waals surface area contributed by atoms with E-state index in [1.807, 2.05) is 27.2 Å². The van der Waals surface area contributed by atoms with Gasteiger partial charge in [0.15, 0.2) is 0 Å². The molecule has 0 aliphatic rings. The Morgan fingerprint density at radius 1 is 0.459 bits per heavy atom. The summed E-state index contributed by atoms with van der Waals surface area (Å²) in [6.07, 6.45) is 74.1. The summed E-state index contributed by atoms with van der Waals surface area (Å²) in [4.78, 5) is 25.5. The highest BCUT2D eigenvalue weighted by molar-refractivity contribution is 7.45. The van der Waals surface area contributed by atoms with Crippen LogP contribution in [0.2, 0.25) is 0 Å². The smallest absolute Gasteiger partial charge is 0.268 e. The highest BCUT2D eigenvalue weighted by atomic mass is 31.2. The average molecular weight is 1060 g/mol. The maximum Gasteiger partial charge on any atom is 0.268 e. The SMILES string of the molecule is CCCCCCCCCCCCC/C=C/CC/C=C/C(O)C(COP(=O)([O-])OCC[N+](C)(C)C)NC(=O)CCCCCCCCCCCCCCCCCCC/C=C\CCCCCCCCCCCCCCCC. The van der Waals surface area contributed by atoms with Gasteiger partial charge in [-0.05, 0) is 57.8 Å². The third-order valence-corrected chi connectivity index (χ3v) is 15.8. The highest BCUT2D eigenvalue weighted by Gasteiger charge is 2.23. The first kappa shape index (κ1) is 72.7. The van der Waals surface area contributed by atoms with Crippen molar-refractivity contribution in [2.45, 2.75) is 334 Å². The lowest BCUT2D eigenvalue weighted by molar-refractivity contribution is -0.870. The van der Waals surface area contributed by atoms with E-state index in [2.05, 4.69) is 43.5 Å². The number of amides is 1. The fourth-order valence-electron chi connectivity index (χ4n) is 9.76. The number of hydrogen-bond donors (Lipinski definition) is 2. The highest BCUT2D eigenvalue weighted by Crippen LogP contribution is 2.38. The van der Waals surface area contributed by atoms with E-state index in [1.54, 1.807) is 6.08 Å². The van der Waals surface area contributed by atoms with Crippen LogP contribution in [0.1, 0.15) is 322 Å². The zero-order valence-corrected chi connectivity index (χ0v) is 51.0. The van der Waals surface area contributed by atoms with E-state index in [0.29, 0.717) is 17.4 Å². The first-order valence-electron chi connectivity index (χ1n) is 32.4. The molecular weight excluding hydrogens is 936 g/mol. The van der Waals surface area contributed by atoms with Crippen LogP contribution < -0.4 is 10.2 Å². The zero-order valence-electron chi connectivity index (χ0n) is 50.1. The molecule has 0 fully saturated rings.